The van der Waals surface area contributed by atoms with Crippen LogP contribution in [0.1, 0.15) is 37.7 Å². The maximum Gasteiger partial charge on any atom is 0.227 e. The molecule has 1 aromatic heterocycles. The van der Waals surface area contributed by atoms with Gasteiger partial charge in [0.1, 0.15) is 5.82 Å². The van der Waals surface area contributed by atoms with Crippen LogP contribution in [0.2, 0.25) is 5.02 Å². The van der Waals surface area contributed by atoms with Gasteiger partial charge in [0.25, 0.3) is 0 Å². The van der Waals surface area contributed by atoms with Crippen LogP contribution < -0.4 is 10.2 Å². The quantitative estimate of drug-likeness (QED) is 0.585. The lowest BCUT2D eigenvalue weighted by Gasteiger charge is -2.40. The second-order valence-electron chi connectivity index (χ2n) is 8.65. The molecule has 1 saturated heterocycles. The highest BCUT2D eigenvalue weighted by Crippen LogP contribution is 2.27. The van der Waals surface area contributed by atoms with Crippen LogP contribution in [0.4, 0.5) is 11.8 Å². The molecule has 3 aromatic rings. The van der Waals surface area contributed by atoms with Crippen molar-refractivity contribution in [1.29, 1.82) is 0 Å². The van der Waals surface area contributed by atoms with E-state index < -0.39 is 0 Å². The van der Waals surface area contributed by atoms with E-state index in [-0.39, 0.29) is 0 Å². The van der Waals surface area contributed by atoms with Crippen LogP contribution in [0.25, 0.3) is 10.9 Å². The number of aromatic nitrogens is 2. The van der Waals surface area contributed by atoms with Gasteiger partial charge in [-0.3, -0.25) is 4.90 Å². The first-order valence-corrected chi connectivity index (χ1v) is 11.9. The van der Waals surface area contributed by atoms with E-state index in [1.165, 1.54) is 32.1 Å². The Kier molecular flexibility index (Phi) is 6.23. The van der Waals surface area contributed by atoms with Crippen molar-refractivity contribution < 1.29 is 0 Å². The molecule has 0 bridgehead atoms. The number of rotatable bonds is 5. The Bertz CT molecular complexity index is 1030. The molecule has 0 unspecified atom stereocenters. The summed E-state index contributed by atoms with van der Waals surface area (Å²) in [6.07, 6.45) is 6.91. The first-order valence-electron chi connectivity index (χ1n) is 11.5. The summed E-state index contributed by atoms with van der Waals surface area (Å²) < 4.78 is 0. The largest absolute Gasteiger partial charge is 0.365 e. The lowest BCUT2D eigenvalue weighted by Crippen LogP contribution is -2.51. The highest BCUT2D eigenvalue weighted by molar-refractivity contribution is 6.31. The molecule has 5 nitrogen and oxygen atoms in total. The van der Waals surface area contributed by atoms with Gasteiger partial charge in [-0.25, -0.2) is 4.98 Å². The number of benzene rings is 2. The topological polar surface area (TPSA) is 44.3 Å². The van der Waals surface area contributed by atoms with Crippen molar-refractivity contribution in [2.45, 2.75) is 44.7 Å². The molecular formula is C25H30ClN5. The van der Waals surface area contributed by atoms with Gasteiger partial charge in [0, 0.05) is 49.2 Å². The van der Waals surface area contributed by atoms with Crippen LogP contribution >= 0.6 is 11.6 Å². The fourth-order valence-corrected chi connectivity index (χ4v) is 5.10. The fourth-order valence-electron chi connectivity index (χ4n) is 4.89. The Morgan fingerprint density at radius 2 is 1.61 bits per heavy atom. The fraction of sp³-hybridized carbons (Fsp3) is 0.440. The normalized spacial score (nSPS) is 18.4. The molecule has 0 radical (unpaired) electrons. The summed E-state index contributed by atoms with van der Waals surface area (Å²) in [6, 6.07) is 16.9. The number of piperazine rings is 1. The van der Waals surface area contributed by atoms with Crippen molar-refractivity contribution in [2.75, 3.05) is 36.4 Å². The predicted octanol–water partition coefficient (Wildman–Crippen LogP) is 5.35. The Labute approximate surface area is 189 Å². The molecule has 2 heterocycles. The minimum absolute atomic E-state index is 0.635. The van der Waals surface area contributed by atoms with E-state index in [9.17, 15) is 0 Å². The third kappa shape index (κ3) is 4.63. The van der Waals surface area contributed by atoms with Crippen molar-refractivity contribution in [3.05, 3.63) is 59.1 Å². The Hall–Kier alpha value is -2.37. The summed E-state index contributed by atoms with van der Waals surface area (Å²) in [5.41, 5.74) is 2.04. The minimum atomic E-state index is 0.635. The second kappa shape index (κ2) is 9.41. The average molecular weight is 436 g/mol. The number of anilines is 2. The van der Waals surface area contributed by atoms with E-state index in [4.69, 9.17) is 21.6 Å². The number of para-hydroxylation sites is 1. The SMILES string of the molecule is Clc1ccccc1CNc1nc(N2CCN(C3CCCCC3)CC2)nc2ccccc12. The number of hydrogen-bond donors (Lipinski definition) is 1. The molecule has 1 N–H and O–H groups in total. The van der Waals surface area contributed by atoms with E-state index in [0.717, 1.165) is 65.5 Å². The molecule has 31 heavy (non-hydrogen) atoms. The van der Waals surface area contributed by atoms with Gasteiger partial charge in [0.15, 0.2) is 0 Å². The van der Waals surface area contributed by atoms with Gasteiger partial charge in [-0.2, -0.15) is 4.98 Å². The van der Waals surface area contributed by atoms with E-state index >= 15 is 0 Å². The smallest absolute Gasteiger partial charge is 0.227 e. The summed E-state index contributed by atoms with van der Waals surface area (Å²) in [5, 5.41) is 5.32. The summed E-state index contributed by atoms with van der Waals surface area (Å²) in [4.78, 5) is 14.9. The van der Waals surface area contributed by atoms with Crippen molar-refractivity contribution in [1.82, 2.24) is 14.9 Å². The zero-order valence-corrected chi connectivity index (χ0v) is 18.7. The maximum absolute atomic E-state index is 6.35. The first kappa shape index (κ1) is 20.5. The zero-order valence-electron chi connectivity index (χ0n) is 17.9. The maximum atomic E-state index is 6.35. The van der Waals surface area contributed by atoms with Crippen LogP contribution in [0.15, 0.2) is 48.5 Å². The molecule has 1 aliphatic heterocycles. The molecule has 1 saturated carbocycles. The standard InChI is InChI=1S/C25H30ClN5/c26-22-12-6-4-8-19(22)18-27-24-21-11-5-7-13-23(21)28-25(29-24)31-16-14-30(15-17-31)20-9-2-1-3-10-20/h4-8,11-13,20H,1-3,9-10,14-18H2,(H,27,28,29). The van der Waals surface area contributed by atoms with Crippen LogP contribution in [0.3, 0.4) is 0 Å². The van der Waals surface area contributed by atoms with E-state index in [1.54, 1.807) is 0 Å². The highest BCUT2D eigenvalue weighted by Gasteiger charge is 2.26. The summed E-state index contributed by atoms with van der Waals surface area (Å²) >= 11 is 6.35. The highest BCUT2D eigenvalue weighted by atomic mass is 35.5. The molecule has 2 aromatic carbocycles. The third-order valence-corrected chi connectivity index (χ3v) is 7.05. The summed E-state index contributed by atoms with van der Waals surface area (Å²) in [7, 11) is 0. The van der Waals surface area contributed by atoms with Crippen LogP contribution in [-0.4, -0.2) is 47.1 Å². The van der Waals surface area contributed by atoms with Gasteiger partial charge in [0.2, 0.25) is 5.95 Å². The summed E-state index contributed by atoms with van der Waals surface area (Å²) in [5.74, 6) is 1.69. The summed E-state index contributed by atoms with van der Waals surface area (Å²) in [6.45, 7) is 4.81. The Morgan fingerprint density at radius 1 is 0.871 bits per heavy atom. The van der Waals surface area contributed by atoms with Crippen molar-refractivity contribution in [3.63, 3.8) is 0 Å². The molecule has 162 valence electrons. The van der Waals surface area contributed by atoms with E-state index in [1.807, 2.05) is 36.4 Å². The van der Waals surface area contributed by atoms with Crippen LogP contribution in [-0.2, 0) is 6.54 Å². The first-order chi connectivity index (χ1) is 15.3. The number of nitrogens with one attached hydrogen (secondary N) is 1. The molecular weight excluding hydrogens is 406 g/mol. The average Bonchev–Trinajstić information content (AvgIpc) is 2.84. The van der Waals surface area contributed by atoms with Crippen molar-refractivity contribution in [3.8, 4) is 0 Å². The van der Waals surface area contributed by atoms with Crippen molar-refractivity contribution in [2.24, 2.45) is 0 Å². The van der Waals surface area contributed by atoms with Gasteiger partial charge in [-0.05, 0) is 36.6 Å². The van der Waals surface area contributed by atoms with Crippen molar-refractivity contribution >= 4 is 34.3 Å². The number of halogens is 1. The lowest BCUT2D eigenvalue weighted by atomic mass is 9.94. The number of fused-ring (bicyclic) bond motifs is 1. The van der Waals surface area contributed by atoms with Crippen LogP contribution in [0.5, 0.6) is 0 Å². The molecule has 1 aliphatic carbocycles. The number of nitrogens with zero attached hydrogens (tertiary/aromatic N) is 4. The van der Waals surface area contributed by atoms with E-state index in [0.29, 0.717) is 6.54 Å². The second-order valence-corrected chi connectivity index (χ2v) is 9.06. The zero-order chi connectivity index (χ0) is 21.0. The molecule has 0 spiro atoms. The number of hydrogen-bond acceptors (Lipinski definition) is 5. The molecule has 2 aliphatic rings. The molecule has 2 fully saturated rings. The molecule has 0 amide bonds. The van der Waals surface area contributed by atoms with Gasteiger partial charge >= 0.3 is 0 Å². The van der Waals surface area contributed by atoms with Gasteiger partial charge in [0.05, 0.1) is 5.52 Å². The predicted molar refractivity (Wildman–Crippen MR) is 129 cm³/mol. The third-order valence-electron chi connectivity index (χ3n) is 6.68. The van der Waals surface area contributed by atoms with Gasteiger partial charge < -0.3 is 10.2 Å². The lowest BCUT2D eigenvalue weighted by molar-refractivity contribution is 0.147. The van der Waals surface area contributed by atoms with E-state index in [2.05, 4.69) is 27.2 Å². The molecule has 5 rings (SSSR count). The Balaban J connectivity index is 1.34. The monoisotopic (exact) mass is 435 g/mol. The van der Waals surface area contributed by atoms with Gasteiger partial charge in [-0.1, -0.05) is 61.2 Å². The van der Waals surface area contributed by atoms with Gasteiger partial charge in [-0.15, -0.1) is 0 Å². The van der Waals surface area contributed by atoms with Crippen LogP contribution in [0, 0.1) is 0 Å². The Morgan fingerprint density at radius 3 is 2.42 bits per heavy atom. The molecule has 0 atom stereocenters. The molecule has 6 heteroatoms. The minimum Gasteiger partial charge on any atom is -0.365 e.